The van der Waals surface area contributed by atoms with Gasteiger partial charge in [0, 0.05) is 13.1 Å². The first kappa shape index (κ1) is 25.2. The predicted molar refractivity (Wildman–Crippen MR) is 129 cm³/mol. The number of benzene rings is 2. The van der Waals surface area contributed by atoms with E-state index >= 15 is 0 Å². The molecule has 2 aliphatic heterocycles. The Hall–Kier alpha value is -2.44. The quantitative estimate of drug-likeness (QED) is 0.657. The molecule has 2 saturated heterocycles. The number of hydrogen-bond donors (Lipinski definition) is 2. The molecule has 1 amide bonds. The molecule has 0 aromatic heterocycles. The van der Waals surface area contributed by atoms with Crippen molar-refractivity contribution in [2.45, 2.75) is 63.3 Å². The van der Waals surface area contributed by atoms with Crippen LogP contribution in [0, 0.1) is 0 Å². The van der Waals surface area contributed by atoms with Crippen LogP contribution in [0.25, 0.3) is 0 Å². The maximum absolute atomic E-state index is 14.3. The maximum Gasteiger partial charge on any atom is 0.410 e. The van der Waals surface area contributed by atoms with Crippen molar-refractivity contribution in [1.82, 2.24) is 10.2 Å². The molecule has 2 aromatic rings. The molecule has 2 aliphatic rings. The normalized spacial score (nSPS) is 19.7. The number of ether oxygens (including phenoxy) is 1. The molecule has 33 heavy (non-hydrogen) atoms. The number of hydrogen-bond acceptors (Lipinski definition) is 4. The number of nitrogens with one attached hydrogen (secondary N) is 1. The van der Waals surface area contributed by atoms with Gasteiger partial charge in [0.15, 0.2) is 0 Å². The number of rotatable bonds is 2. The monoisotopic (exact) mass is 456 g/mol. The number of alkyl halides is 1. The molecule has 0 saturated carbocycles. The lowest BCUT2D eigenvalue weighted by atomic mass is 9.84. The van der Waals surface area contributed by atoms with Crippen LogP contribution in [0.1, 0.15) is 57.6 Å². The highest BCUT2D eigenvalue weighted by molar-refractivity contribution is 5.68. The number of halogens is 1. The molecule has 0 spiro atoms. The van der Waals surface area contributed by atoms with E-state index in [1.165, 1.54) is 0 Å². The van der Waals surface area contributed by atoms with Gasteiger partial charge in [-0.2, -0.15) is 0 Å². The van der Waals surface area contributed by atoms with Crippen molar-refractivity contribution in [2.75, 3.05) is 26.2 Å². The van der Waals surface area contributed by atoms with Gasteiger partial charge >= 0.3 is 6.09 Å². The van der Waals surface area contributed by atoms with Crippen LogP contribution in [-0.2, 0) is 16.0 Å². The Morgan fingerprint density at radius 2 is 1.39 bits per heavy atom. The fourth-order valence-corrected chi connectivity index (χ4v) is 4.27. The molecule has 6 heteroatoms. The average molecular weight is 457 g/mol. The van der Waals surface area contributed by atoms with E-state index in [0.717, 1.165) is 24.2 Å². The first-order chi connectivity index (χ1) is 15.6. The van der Waals surface area contributed by atoms with Gasteiger partial charge in [0.05, 0.1) is 5.60 Å². The van der Waals surface area contributed by atoms with Crippen molar-refractivity contribution in [3.63, 3.8) is 0 Å². The molecule has 4 rings (SSSR count). The molecule has 0 radical (unpaired) electrons. The molecule has 2 N–H and O–H groups in total. The molecule has 0 unspecified atom stereocenters. The lowest BCUT2D eigenvalue weighted by molar-refractivity contribution is -0.0356. The van der Waals surface area contributed by atoms with Crippen LogP contribution in [0.2, 0.25) is 0 Å². The summed E-state index contributed by atoms with van der Waals surface area (Å²) < 4.78 is 19.6. The molecule has 180 valence electrons. The van der Waals surface area contributed by atoms with E-state index in [4.69, 9.17) is 4.74 Å². The molecule has 2 aromatic carbocycles. The molecular formula is C27H37FN2O3. The lowest BCUT2D eigenvalue weighted by Gasteiger charge is -2.38. The van der Waals surface area contributed by atoms with Gasteiger partial charge in [-0.1, -0.05) is 60.7 Å². The van der Waals surface area contributed by atoms with Crippen LogP contribution < -0.4 is 5.32 Å². The van der Waals surface area contributed by atoms with Crippen molar-refractivity contribution in [2.24, 2.45) is 0 Å². The van der Waals surface area contributed by atoms with Crippen LogP contribution >= 0.6 is 0 Å². The predicted octanol–water partition coefficient (Wildman–Crippen LogP) is 5.14. The second-order valence-corrected chi connectivity index (χ2v) is 9.95. The highest BCUT2D eigenvalue weighted by Crippen LogP contribution is 2.35. The number of amides is 1. The van der Waals surface area contributed by atoms with E-state index in [0.29, 0.717) is 38.8 Å². The van der Waals surface area contributed by atoms with E-state index in [1.54, 1.807) is 4.90 Å². The summed E-state index contributed by atoms with van der Waals surface area (Å²) in [6.07, 6.45) is 1.97. The van der Waals surface area contributed by atoms with Gasteiger partial charge in [0.2, 0.25) is 0 Å². The van der Waals surface area contributed by atoms with E-state index in [2.05, 4.69) is 5.32 Å². The van der Waals surface area contributed by atoms with Gasteiger partial charge in [-0.05, 0) is 70.7 Å². The van der Waals surface area contributed by atoms with Crippen molar-refractivity contribution >= 4 is 6.09 Å². The second kappa shape index (κ2) is 10.7. The summed E-state index contributed by atoms with van der Waals surface area (Å²) in [5.41, 5.74) is -0.656. The third-order valence-corrected chi connectivity index (χ3v) is 6.24. The molecule has 2 fully saturated rings. The van der Waals surface area contributed by atoms with Gasteiger partial charge < -0.3 is 20.1 Å². The molecule has 5 nitrogen and oxygen atoms in total. The summed E-state index contributed by atoms with van der Waals surface area (Å²) in [6, 6.07) is 19.1. The van der Waals surface area contributed by atoms with Gasteiger partial charge in [-0.25, -0.2) is 9.18 Å². The number of aliphatic hydroxyl groups is 1. The number of piperidine rings is 2. The average Bonchev–Trinajstić information content (AvgIpc) is 2.80. The smallest absolute Gasteiger partial charge is 0.410 e. The topological polar surface area (TPSA) is 61.8 Å². The minimum absolute atomic E-state index is 0.299. The van der Waals surface area contributed by atoms with Crippen molar-refractivity contribution in [3.8, 4) is 0 Å². The van der Waals surface area contributed by atoms with Crippen molar-refractivity contribution in [1.29, 1.82) is 0 Å². The molecule has 0 atom stereocenters. The minimum atomic E-state index is -1.09. The van der Waals surface area contributed by atoms with Crippen LogP contribution in [0.3, 0.4) is 0 Å². The standard InChI is InChI=1S/C16H23NO3.C11H14FN/c1-15(2,3)20-14(18)17-11-9-16(19,10-12-17)13-7-5-4-6-8-13;12-11(6-8-13-9-7-11)10-4-2-1-3-5-10/h4-8,19H,9-12H2,1-3H3;1-5,13H,6-9H2. The number of carbonyl (C=O) groups excluding carboxylic acids is 1. The first-order valence-electron chi connectivity index (χ1n) is 11.8. The van der Waals surface area contributed by atoms with Crippen molar-refractivity contribution < 1.29 is 19.0 Å². The van der Waals surface area contributed by atoms with Crippen LogP contribution in [0.5, 0.6) is 0 Å². The number of carbonyl (C=O) groups is 1. The van der Waals surface area contributed by atoms with E-state index < -0.39 is 16.9 Å². The second-order valence-electron chi connectivity index (χ2n) is 9.95. The summed E-state index contributed by atoms with van der Waals surface area (Å²) in [5, 5.41) is 13.9. The molecular weight excluding hydrogens is 419 g/mol. The van der Waals surface area contributed by atoms with Gasteiger partial charge in [-0.3, -0.25) is 0 Å². The molecule has 0 bridgehead atoms. The third-order valence-electron chi connectivity index (χ3n) is 6.24. The Morgan fingerprint density at radius 1 is 0.909 bits per heavy atom. The van der Waals surface area contributed by atoms with E-state index in [1.807, 2.05) is 81.4 Å². The van der Waals surface area contributed by atoms with Crippen LogP contribution in [0.15, 0.2) is 60.7 Å². The van der Waals surface area contributed by atoms with Gasteiger partial charge in [-0.15, -0.1) is 0 Å². The Kier molecular flexibility index (Phi) is 8.14. The molecule has 0 aliphatic carbocycles. The lowest BCUT2D eigenvalue weighted by Crippen LogP contribution is -2.46. The fourth-order valence-electron chi connectivity index (χ4n) is 4.27. The summed E-state index contributed by atoms with van der Waals surface area (Å²) in [5.74, 6) is 0. The summed E-state index contributed by atoms with van der Waals surface area (Å²) in [6.45, 7) is 8.16. The zero-order valence-electron chi connectivity index (χ0n) is 20.0. The number of likely N-dealkylation sites (tertiary alicyclic amines) is 1. The third kappa shape index (κ3) is 7.02. The van der Waals surface area contributed by atoms with Crippen LogP contribution in [0.4, 0.5) is 9.18 Å². The Labute approximate surface area is 197 Å². The maximum atomic E-state index is 14.3. The molecule has 2 heterocycles. The van der Waals surface area contributed by atoms with Crippen molar-refractivity contribution in [3.05, 3.63) is 71.8 Å². The Balaban J connectivity index is 0.000000203. The van der Waals surface area contributed by atoms with Crippen LogP contribution in [-0.4, -0.2) is 47.9 Å². The fraction of sp³-hybridized carbons (Fsp3) is 0.519. The SMILES string of the molecule is CC(C)(C)OC(=O)N1CCC(O)(c2ccccc2)CC1.FC1(c2ccccc2)CCNCC1. The zero-order valence-corrected chi connectivity index (χ0v) is 20.0. The zero-order chi connectivity index (χ0) is 24.0. The van der Waals surface area contributed by atoms with Gasteiger partial charge in [0.25, 0.3) is 0 Å². The highest BCUT2D eigenvalue weighted by atomic mass is 19.1. The van der Waals surface area contributed by atoms with E-state index in [9.17, 15) is 14.3 Å². The summed E-state index contributed by atoms with van der Waals surface area (Å²) in [4.78, 5) is 13.7. The Morgan fingerprint density at radius 3 is 1.88 bits per heavy atom. The Bertz CT molecular complexity index is 869. The van der Waals surface area contributed by atoms with E-state index in [-0.39, 0.29) is 6.09 Å². The summed E-state index contributed by atoms with van der Waals surface area (Å²) >= 11 is 0. The van der Waals surface area contributed by atoms with Gasteiger partial charge in [0.1, 0.15) is 11.3 Å². The number of nitrogens with zero attached hydrogens (tertiary/aromatic N) is 1. The first-order valence-corrected chi connectivity index (χ1v) is 11.8. The highest BCUT2D eigenvalue weighted by Gasteiger charge is 2.36. The minimum Gasteiger partial charge on any atom is -0.444 e. The largest absolute Gasteiger partial charge is 0.444 e. The summed E-state index contributed by atoms with van der Waals surface area (Å²) in [7, 11) is 0.